The van der Waals surface area contributed by atoms with Crippen molar-refractivity contribution in [3.05, 3.63) is 0 Å². The molecular formula is C20H38NO8P. The van der Waals surface area contributed by atoms with Gasteiger partial charge in [-0.25, -0.2) is 9.36 Å². The zero-order valence-corrected chi connectivity index (χ0v) is 19.7. The van der Waals surface area contributed by atoms with E-state index in [0.717, 1.165) is 0 Å². The number of carbonyl (C=O) groups is 1. The summed E-state index contributed by atoms with van der Waals surface area (Å²) in [6.07, 6.45) is -1.48. The third kappa shape index (κ3) is 6.99. The third-order valence-electron chi connectivity index (χ3n) is 5.69. The largest absolute Gasteiger partial charge is 0.529 e. The minimum Gasteiger partial charge on any atom is -0.378 e. The molecule has 0 spiro atoms. The molecule has 0 aromatic carbocycles. The molecule has 3 N–H and O–H groups in total. The van der Waals surface area contributed by atoms with Gasteiger partial charge >= 0.3 is 13.8 Å². The van der Waals surface area contributed by atoms with Crippen molar-refractivity contribution in [2.75, 3.05) is 13.2 Å². The van der Waals surface area contributed by atoms with Crippen LogP contribution in [0.15, 0.2) is 0 Å². The Balaban J connectivity index is 2.03. The van der Waals surface area contributed by atoms with E-state index >= 15 is 0 Å². The molecule has 0 radical (unpaired) electrons. The van der Waals surface area contributed by atoms with Crippen molar-refractivity contribution in [1.82, 2.24) is 0 Å². The van der Waals surface area contributed by atoms with Crippen molar-refractivity contribution in [2.45, 2.75) is 91.0 Å². The fraction of sp³-hybridized carbons (Fsp3) is 0.950. The fourth-order valence-corrected chi connectivity index (χ4v) is 5.32. The van der Waals surface area contributed by atoms with Gasteiger partial charge in [0, 0.05) is 12.3 Å². The van der Waals surface area contributed by atoms with Gasteiger partial charge in [0.1, 0.15) is 0 Å². The minimum atomic E-state index is -4.66. The average molecular weight is 451 g/mol. The van der Waals surface area contributed by atoms with Crippen LogP contribution in [0.4, 0.5) is 0 Å². The average Bonchev–Trinajstić information content (AvgIpc) is 3.10. The number of ether oxygens (including phenoxy) is 3. The molecular weight excluding hydrogens is 413 g/mol. The van der Waals surface area contributed by atoms with E-state index in [0.29, 0.717) is 26.0 Å². The fourth-order valence-electron chi connectivity index (χ4n) is 4.36. The summed E-state index contributed by atoms with van der Waals surface area (Å²) in [5, 5.41) is 0. The van der Waals surface area contributed by atoms with Crippen molar-refractivity contribution in [2.24, 2.45) is 23.5 Å². The molecule has 8 unspecified atom stereocenters. The molecule has 0 aromatic heterocycles. The normalized spacial score (nSPS) is 36.4. The lowest BCUT2D eigenvalue weighted by atomic mass is 9.91. The molecule has 1 saturated carbocycles. The monoisotopic (exact) mass is 451 g/mol. The molecule has 1 heterocycles. The van der Waals surface area contributed by atoms with E-state index < -0.39 is 32.1 Å². The molecule has 1 saturated heterocycles. The Morgan fingerprint density at radius 1 is 1.13 bits per heavy atom. The minimum absolute atomic E-state index is 0.0122. The molecule has 2 aliphatic rings. The van der Waals surface area contributed by atoms with Crippen LogP contribution in [-0.4, -0.2) is 60.6 Å². The van der Waals surface area contributed by atoms with Crippen LogP contribution in [0.1, 0.15) is 54.4 Å². The highest BCUT2D eigenvalue weighted by Gasteiger charge is 2.47. The Hall–Kier alpha value is -0.540. The summed E-state index contributed by atoms with van der Waals surface area (Å²) in [7, 11) is -4.66. The van der Waals surface area contributed by atoms with Crippen molar-refractivity contribution < 1.29 is 37.5 Å². The molecule has 8 atom stereocenters. The summed E-state index contributed by atoms with van der Waals surface area (Å²) in [6.45, 7) is 12.1. The standard InChI is InChI=1S/C20H38NO8P/c1-11(2)25-10-16-15(9-21)13(5)7-17(16)28-30(23,24)29-20(22)19-18(26-12(3)4)8-14(6)27-19/h11-19H,7-10,21H2,1-6H3,(H,23,24). The number of hydrogen-bond acceptors (Lipinski definition) is 8. The number of rotatable bonds is 10. The molecule has 176 valence electrons. The summed E-state index contributed by atoms with van der Waals surface area (Å²) >= 11 is 0. The first-order chi connectivity index (χ1) is 13.9. The Bertz CT molecular complexity index is 616. The second kappa shape index (κ2) is 10.9. The van der Waals surface area contributed by atoms with Gasteiger partial charge in [0.25, 0.3) is 0 Å². The second-order valence-corrected chi connectivity index (χ2v) is 10.3. The van der Waals surface area contributed by atoms with E-state index in [9.17, 15) is 14.3 Å². The number of nitrogens with two attached hydrogens (primary N) is 1. The molecule has 2 fully saturated rings. The predicted octanol–water partition coefficient (Wildman–Crippen LogP) is 2.64. The quantitative estimate of drug-likeness (QED) is 0.482. The zero-order valence-electron chi connectivity index (χ0n) is 18.9. The SMILES string of the molecule is CC(C)OCC1C(OP(=O)(O)OC(=O)C2OC(C)CC2OC(C)C)CC(C)C1CN. The van der Waals surface area contributed by atoms with Gasteiger partial charge in [-0.1, -0.05) is 6.92 Å². The molecule has 1 aliphatic carbocycles. The van der Waals surface area contributed by atoms with Gasteiger partial charge in [-0.3, -0.25) is 9.42 Å². The van der Waals surface area contributed by atoms with E-state index in [1.165, 1.54) is 0 Å². The molecule has 30 heavy (non-hydrogen) atoms. The highest BCUT2D eigenvalue weighted by molar-refractivity contribution is 7.48. The predicted molar refractivity (Wildman–Crippen MR) is 111 cm³/mol. The van der Waals surface area contributed by atoms with Gasteiger partial charge in [-0.15, -0.1) is 0 Å². The van der Waals surface area contributed by atoms with Crippen LogP contribution in [0.2, 0.25) is 0 Å². The van der Waals surface area contributed by atoms with E-state index in [-0.39, 0.29) is 36.1 Å². The van der Waals surface area contributed by atoms with Crippen LogP contribution in [0.25, 0.3) is 0 Å². The molecule has 2 rings (SSSR count). The topological polar surface area (TPSA) is 127 Å². The number of carbonyl (C=O) groups excluding carboxylic acids is 1. The molecule has 0 amide bonds. The number of hydrogen-bond donors (Lipinski definition) is 2. The highest BCUT2D eigenvalue weighted by atomic mass is 31.2. The van der Waals surface area contributed by atoms with E-state index in [4.69, 9.17) is 29.0 Å². The van der Waals surface area contributed by atoms with Gasteiger partial charge in [0.15, 0.2) is 6.10 Å². The Labute approximate surface area is 179 Å². The van der Waals surface area contributed by atoms with Gasteiger partial charge < -0.3 is 24.5 Å². The van der Waals surface area contributed by atoms with Crippen LogP contribution >= 0.6 is 7.82 Å². The van der Waals surface area contributed by atoms with Crippen LogP contribution in [-0.2, 0) is 32.6 Å². The lowest BCUT2D eigenvalue weighted by Crippen LogP contribution is -2.36. The molecule has 0 aromatic rings. The second-order valence-electron chi connectivity index (χ2n) is 9.01. The number of phosphoric ester groups is 1. The summed E-state index contributed by atoms with van der Waals surface area (Å²) in [5.74, 6) is -0.829. The first-order valence-corrected chi connectivity index (χ1v) is 12.3. The van der Waals surface area contributed by atoms with Crippen molar-refractivity contribution in [1.29, 1.82) is 0 Å². The lowest BCUT2D eigenvalue weighted by molar-refractivity contribution is -0.155. The van der Waals surface area contributed by atoms with Gasteiger partial charge in [-0.05, 0) is 59.4 Å². The van der Waals surface area contributed by atoms with Crippen molar-refractivity contribution in [3.8, 4) is 0 Å². The summed E-state index contributed by atoms with van der Waals surface area (Å²) in [6, 6.07) is 0. The third-order valence-corrected chi connectivity index (χ3v) is 6.64. The zero-order chi connectivity index (χ0) is 22.6. The maximum atomic E-state index is 12.7. The maximum absolute atomic E-state index is 12.7. The first kappa shape index (κ1) is 25.7. The molecule has 0 bridgehead atoms. The molecule has 1 aliphatic heterocycles. The number of phosphoric acid groups is 1. The van der Waals surface area contributed by atoms with Crippen LogP contribution in [0.5, 0.6) is 0 Å². The summed E-state index contributed by atoms with van der Waals surface area (Å²) in [5.41, 5.74) is 5.92. The Morgan fingerprint density at radius 2 is 1.80 bits per heavy atom. The van der Waals surface area contributed by atoms with Crippen LogP contribution in [0.3, 0.4) is 0 Å². The first-order valence-electron chi connectivity index (χ1n) is 10.8. The Kier molecular flexibility index (Phi) is 9.31. The summed E-state index contributed by atoms with van der Waals surface area (Å²) in [4.78, 5) is 22.9. The maximum Gasteiger partial charge on any atom is 0.529 e. The highest BCUT2D eigenvalue weighted by Crippen LogP contribution is 2.51. The van der Waals surface area contributed by atoms with E-state index in [1.54, 1.807) is 0 Å². The van der Waals surface area contributed by atoms with Gasteiger partial charge in [0.05, 0.1) is 37.1 Å². The smallest absolute Gasteiger partial charge is 0.378 e. The van der Waals surface area contributed by atoms with Gasteiger partial charge in [0.2, 0.25) is 0 Å². The summed E-state index contributed by atoms with van der Waals surface area (Å²) < 4.78 is 40.0. The van der Waals surface area contributed by atoms with Crippen molar-refractivity contribution in [3.63, 3.8) is 0 Å². The van der Waals surface area contributed by atoms with Crippen molar-refractivity contribution >= 4 is 13.8 Å². The van der Waals surface area contributed by atoms with Gasteiger partial charge in [-0.2, -0.15) is 0 Å². The lowest BCUT2D eigenvalue weighted by Gasteiger charge is -2.27. The molecule has 10 heteroatoms. The molecule has 9 nitrogen and oxygen atoms in total. The van der Waals surface area contributed by atoms with Crippen LogP contribution in [0, 0.1) is 17.8 Å². The Morgan fingerprint density at radius 3 is 2.37 bits per heavy atom. The van der Waals surface area contributed by atoms with E-state index in [1.807, 2.05) is 41.5 Å². The van der Waals surface area contributed by atoms with E-state index in [2.05, 4.69) is 0 Å². The van der Waals surface area contributed by atoms with Crippen LogP contribution < -0.4 is 5.73 Å².